The average Bonchev–Trinajstić information content (AvgIpc) is 2.69. The first kappa shape index (κ1) is 18.8. The van der Waals surface area contributed by atoms with Crippen LogP contribution in [0.2, 0.25) is 0 Å². The summed E-state index contributed by atoms with van der Waals surface area (Å²) in [4.78, 5) is 24.8. The van der Waals surface area contributed by atoms with Crippen molar-refractivity contribution in [2.45, 2.75) is 19.3 Å². The molecule has 2 N–H and O–H groups in total. The molecule has 0 aromatic heterocycles. The summed E-state index contributed by atoms with van der Waals surface area (Å²) in [5, 5.41) is 16.6. The number of carbonyl (C=O) groups excluding carboxylic acids is 1. The van der Waals surface area contributed by atoms with Gasteiger partial charge in [-0.25, -0.2) is 0 Å². The Balaban J connectivity index is 1.65. The molecule has 1 saturated heterocycles. The van der Waals surface area contributed by atoms with E-state index in [4.69, 9.17) is 12.2 Å². The number of hydrogen-bond donors (Lipinski definition) is 2. The number of non-ortho nitro benzene ring substituents is 1. The molecule has 0 spiro atoms. The molecular formula is C19H20N4O3S. The lowest BCUT2D eigenvalue weighted by Gasteiger charge is -2.30. The molecule has 2 aromatic carbocycles. The third-order valence-electron chi connectivity index (χ3n) is 4.42. The first-order valence-electron chi connectivity index (χ1n) is 8.75. The molecule has 1 aliphatic rings. The molecule has 1 fully saturated rings. The van der Waals surface area contributed by atoms with Crippen molar-refractivity contribution in [2.75, 3.05) is 23.3 Å². The fourth-order valence-electron chi connectivity index (χ4n) is 3.05. The molecule has 0 unspecified atom stereocenters. The number of anilines is 2. The van der Waals surface area contributed by atoms with Gasteiger partial charge in [0.1, 0.15) is 0 Å². The zero-order chi connectivity index (χ0) is 19.2. The number of amides is 1. The Morgan fingerprint density at radius 3 is 2.37 bits per heavy atom. The average molecular weight is 384 g/mol. The van der Waals surface area contributed by atoms with E-state index in [1.165, 1.54) is 30.7 Å². The summed E-state index contributed by atoms with van der Waals surface area (Å²) in [6.45, 7) is 2.00. The number of nitro groups is 1. The Hall–Kier alpha value is -3.00. The van der Waals surface area contributed by atoms with Gasteiger partial charge in [-0.15, -0.1) is 0 Å². The van der Waals surface area contributed by atoms with Crippen molar-refractivity contribution in [3.05, 3.63) is 64.2 Å². The number of nitrogens with zero attached hydrogens (tertiary/aromatic N) is 2. The minimum Gasteiger partial charge on any atom is -0.370 e. The van der Waals surface area contributed by atoms with E-state index in [-0.39, 0.29) is 10.8 Å². The summed E-state index contributed by atoms with van der Waals surface area (Å²) in [6, 6.07) is 13.2. The summed E-state index contributed by atoms with van der Waals surface area (Å²) in [5.41, 5.74) is 2.13. The van der Waals surface area contributed by atoms with Crippen LogP contribution in [-0.4, -0.2) is 29.0 Å². The molecule has 0 bridgehead atoms. The summed E-state index contributed by atoms with van der Waals surface area (Å²) >= 11 is 5.27. The number of piperidine rings is 1. The first-order chi connectivity index (χ1) is 13.0. The van der Waals surface area contributed by atoms with Gasteiger partial charge >= 0.3 is 0 Å². The van der Waals surface area contributed by atoms with Gasteiger partial charge in [0, 0.05) is 30.8 Å². The van der Waals surface area contributed by atoms with Gasteiger partial charge in [0.25, 0.3) is 11.6 Å². The quantitative estimate of drug-likeness (QED) is 0.475. The number of thiocarbonyl (C=S) groups is 1. The maximum Gasteiger partial charge on any atom is 0.269 e. The van der Waals surface area contributed by atoms with Crippen LogP contribution in [0.15, 0.2) is 48.5 Å². The highest BCUT2D eigenvalue weighted by molar-refractivity contribution is 7.80. The van der Waals surface area contributed by atoms with Gasteiger partial charge in [0.2, 0.25) is 0 Å². The molecular weight excluding hydrogens is 364 g/mol. The van der Waals surface area contributed by atoms with Crippen LogP contribution in [0.1, 0.15) is 29.6 Å². The number of benzene rings is 2. The van der Waals surface area contributed by atoms with Crippen molar-refractivity contribution in [1.82, 2.24) is 5.32 Å². The third-order valence-corrected chi connectivity index (χ3v) is 4.62. The minimum atomic E-state index is -0.509. The maximum atomic E-state index is 12.3. The molecule has 2 aromatic rings. The molecule has 1 heterocycles. The van der Waals surface area contributed by atoms with Crippen LogP contribution in [0.4, 0.5) is 17.1 Å². The number of nitro benzene ring substituents is 1. The van der Waals surface area contributed by atoms with E-state index in [1.807, 2.05) is 24.3 Å². The monoisotopic (exact) mass is 384 g/mol. The van der Waals surface area contributed by atoms with Crippen LogP contribution < -0.4 is 15.5 Å². The number of rotatable bonds is 4. The lowest BCUT2D eigenvalue weighted by atomic mass is 10.1. The van der Waals surface area contributed by atoms with Gasteiger partial charge in [-0.3, -0.25) is 20.2 Å². The maximum absolute atomic E-state index is 12.3. The SMILES string of the molecule is O=C(NC(=S)Nc1ccccc1N1CCCCC1)c1ccc([N+](=O)[O-])cc1. The lowest BCUT2D eigenvalue weighted by Crippen LogP contribution is -2.35. The third kappa shape index (κ3) is 4.79. The van der Waals surface area contributed by atoms with E-state index in [2.05, 4.69) is 15.5 Å². The Morgan fingerprint density at radius 1 is 1.04 bits per heavy atom. The van der Waals surface area contributed by atoms with Gasteiger partial charge in [-0.2, -0.15) is 0 Å². The largest absolute Gasteiger partial charge is 0.370 e. The Morgan fingerprint density at radius 2 is 1.70 bits per heavy atom. The van der Waals surface area contributed by atoms with Crippen LogP contribution in [-0.2, 0) is 0 Å². The van der Waals surface area contributed by atoms with Crippen molar-refractivity contribution >= 4 is 40.3 Å². The standard InChI is InChI=1S/C19H20N4O3S/c24-18(14-8-10-15(11-9-14)23(25)26)21-19(27)20-16-6-2-3-7-17(16)22-12-4-1-5-13-22/h2-3,6-11H,1,4-5,12-13H2,(H2,20,21,24,27). The van der Waals surface area contributed by atoms with Crippen molar-refractivity contribution in [3.63, 3.8) is 0 Å². The summed E-state index contributed by atoms with van der Waals surface area (Å²) < 4.78 is 0. The highest BCUT2D eigenvalue weighted by Crippen LogP contribution is 2.28. The predicted molar refractivity (Wildman–Crippen MR) is 109 cm³/mol. The second kappa shape index (κ2) is 8.59. The summed E-state index contributed by atoms with van der Waals surface area (Å²) in [5.74, 6) is -0.419. The minimum absolute atomic E-state index is 0.0669. The van der Waals surface area contributed by atoms with E-state index < -0.39 is 10.8 Å². The predicted octanol–water partition coefficient (Wildman–Crippen LogP) is 3.71. The first-order valence-corrected chi connectivity index (χ1v) is 9.16. The zero-order valence-electron chi connectivity index (χ0n) is 14.7. The van der Waals surface area contributed by atoms with Gasteiger partial charge in [0.15, 0.2) is 5.11 Å². The number of hydrogen-bond acceptors (Lipinski definition) is 5. The van der Waals surface area contributed by atoms with E-state index >= 15 is 0 Å². The van der Waals surface area contributed by atoms with Gasteiger partial charge in [-0.05, 0) is 55.7 Å². The Bertz CT molecular complexity index is 848. The second-order valence-electron chi connectivity index (χ2n) is 6.28. The summed E-state index contributed by atoms with van der Waals surface area (Å²) in [6.07, 6.45) is 3.57. The van der Waals surface area contributed by atoms with E-state index in [1.54, 1.807) is 0 Å². The number of para-hydroxylation sites is 2. The molecule has 0 radical (unpaired) electrons. The van der Waals surface area contributed by atoms with Gasteiger partial charge in [0.05, 0.1) is 16.3 Å². The zero-order valence-corrected chi connectivity index (χ0v) is 15.5. The molecule has 7 nitrogen and oxygen atoms in total. The van der Waals surface area contributed by atoms with E-state index in [0.29, 0.717) is 5.56 Å². The van der Waals surface area contributed by atoms with Crippen LogP contribution in [0.25, 0.3) is 0 Å². The molecule has 0 aliphatic carbocycles. The van der Waals surface area contributed by atoms with Crippen molar-refractivity contribution in [3.8, 4) is 0 Å². The molecule has 27 heavy (non-hydrogen) atoms. The summed E-state index contributed by atoms with van der Waals surface area (Å²) in [7, 11) is 0. The van der Waals surface area contributed by atoms with Crippen LogP contribution in [0.3, 0.4) is 0 Å². The highest BCUT2D eigenvalue weighted by atomic mass is 32.1. The molecule has 1 aliphatic heterocycles. The lowest BCUT2D eigenvalue weighted by molar-refractivity contribution is -0.384. The molecule has 0 atom stereocenters. The van der Waals surface area contributed by atoms with E-state index in [9.17, 15) is 14.9 Å². The Kier molecular flexibility index (Phi) is 5.97. The topological polar surface area (TPSA) is 87.5 Å². The molecule has 1 amide bonds. The van der Waals surface area contributed by atoms with Crippen LogP contribution >= 0.6 is 12.2 Å². The fourth-order valence-corrected chi connectivity index (χ4v) is 3.26. The molecule has 140 valence electrons. The number of carbonyl (C=O) groups is 1. The van der Waals surface area contributed by atoms with Gasteiger partial charge < -0.3 is 10.2 Å². The van der Waals surface area contributed by atoms with Crippen molar-refractivity contribution < 1.29 is 9.72 Å². The Labute approximate surface area is 162 Å². The van der Waals surface area contributed by atoms with Crippen molar-refractivity contribution in [1.29, 1.82) is 0 Å². The molecule has 8 heteroatoms. The smallest absolute Gasteiger partial charge is 0.269 e. The normalized spacial score (nSPS) is 13.7. The van der Waals surface area contributed by atoms with Crippen LogP contribution in [0.5, 0.6) is 0 Å². The second-order valence-corrected chi connectivity index (χ2v) is 6.69. The van der Waals surface area contributed by atoms with Crippen LogP contribution in [0, 0.1) is 10.1 Å². The number of nitrogens with one attached hydrogen (secondary N) is 2. The van der Waals surface area contributed by atoms with Gasteiger partial charge in [-0.1, -0.05) is 12.1 Å². The van der Waals surface area contributed by atoms with E-state index in [0.717, 1.165) is 37.3 Å². The molecule has 0 saturated carbocycles. The molecule has 3 rings (SSSR count). The highest BCUT2D eigenvalue weighted by Gasteiger charge is 2.16. The van der Waals surface area contributed by atoms with Crippen molar-refractivity contribution in [2.24, 2.45) is 0 Å². The fraction of sp³-hybridized carbons (Fsp3) is 0.263.